The second-order valence-electron chi connectivity index (χ2n) is 9.67. The van der Waals surface area contributed by atoms with E-state index >= 15 is 0 Å². The molecule has 8 heteroatoms. The maximum atomic E-state index is 13.4. The third-order valence-corrected chi connectivity index (χ3v) is 13.1. The molecule has 182 valence electrons. The highest BCUT2D eigenvalue weighted by atomic mass is 127. The number of nitrogens with one attached hydrogen (secondary N) is 1. The first-order valence-electron chi connectivity index (χ1n) is 11.3. The van der Waals surface area contributed by atoms with Crippen molar-refractivity contribution in [2.75, 3.05) is 7.11 Å². The Kier molecular flexibility index (Phi) is 11.2. The van der Waals surface area contributed by atoms with Gasteiger partial charge in [-0.1, -0.05) is 61.5 Å². The molecule has 0 aromatic heterocycles. The first-order chi connectivity index (χ1) is 14.8. The van der Waals surface area contributed by atoms with Crippen LogP contribution >= 0.6 is 22.6 Å². The molecule has 1 unspecified atom stereocenters. The summed E-state index contributed by atoms with van der Waals surface area (Å²) in [5, 5.41) is 12.7. The lowest BCUT2D eigenvalue weighted by Crippen LogP contribution is -2.56. The van der Waals surface area contributed by atoms with Crippen molar-refractivity contribution in [1.82, 2.24) is 5.32 Å². The summed E-state index contributed by atoms with van der Waals surface area (Å²) in [7, 11) is -0.984. The van der Waals surface area contributed by atoms with E-state index in [0.29, 0.717) is 20.2 Å². The van der Waals surface area contributed by atoms with Gasteiger partial charge >= 0.3 is 5.97 Å². The van der Waals surface area contributed by atoms with Crippen LogP contribution < -0.4 is 5.32 Å². The van der Waals surface area contributed by atoms with Crippen LogP contribution in [0.5, 0.6) is 5.75 Å². The number of rotatable bonds is 11. The van der Waals surface area contributed by atoms with Crippen LogP contribution in [0.4, 0.5) is 0 Å². The predicted octanol–water partition coefficient (Wildman–Crippen LogP) is 5.41. The van der Waals surface area contributed by atoms with Crippen LogP contribution in [0.15, 0.2) is 18.2 Å². The van der Waals surface area contributed by atoms with Gasteiger partial charge in [-0.2, -0.15) is 0 Å². The van der Waals surface area contributed by atoms with Crippen LogP contribution in [0.2, 0.25) is 16.6 Å². The van der Waals surface area contributed by atoms with Crippen LogP contribution in [0.3, 0.4) is 0 Å². The van der Waals surface area contributed by atoms with Crippen molar-refractivity contribution >= 4 is 42.8 Å². The highest BCUT2D eigenvalue weighted by Crippen LogP contribution is 2.43. The zero-order chi connectivity index (χ0) is 24.8. The topological polar surface area (TPSA) is 84.9 Å². The SMILES string of the molecule is COC(=O)C(Cc1ccc(O)c(I)c1)NC(=O)[C@@H](O[Si](C(C)C)(C(C)C)C(C)C)C(C)C. The average molecular weight is 578 g/mol. The number of carbonyl (C=O) groups is 2. The summed E-state index contributed by atoms with van der Waals surface area (Å²) in [5.41, 5.74) is 1.84. The van der Waals surface area contributed by atoms with Crippen molar-refractivity contribution in [3.63, 3.8) is 0 Å². The number of halogens is 1. The fourth-order valence-electron chi connectivity index (χ4n) is 4.62. The quantitative estimate of drug-likeness (QED) is 0.209. The highest BCUT2D eigenvalue weighted by molar-refractivity contribution is 14.1. The smallest absolute Gasteiger partial charge is 0.328 e. The lowest BCUT2D eigenvalue weighted by atomic mass is 10.0. The van der Waals surface area contributed by atoms with Crippen LogP contribution in [0, 0.1) is 9.49 Å². The van der Waals surface area contributed by atoms with Crippen LogP contribution in [0.25, 0.3) is 0 Å². The monoisotopic (exact) mass is 577 g/mol. The molecule has 2 N–H and O–H groups in total. The molecule has 6 nitrogen and oxygen atoms in total. The normalized spacial score (nSPS) is 14.2. The van der Waals surface area contributed by atoms with E-state index in [0.717, 1.165) is 5.56 Å². The number of esters is 1. The van der Waals surface area contributed by atoms with Crippen molar-refractivity contribution in [3.8, 4) is 5.75 Å². The van der Waals surface area contributed by atoms with Gasteiger partial charge < -0.3 is 19.6 Å². The molecule has 0 spiro atoms. The molecule has 2 atom stereocenters. The molecule has 0 aliphatic rings. The molecule has 0 saturated carbocycles. The number of phenolic OH excluding ortho intramolecular Hbond substituents is 1. The van der Waals surface area contributed by atoms with E-state index in [1.165, 1.54) is 7.11 Å². The van der Waals surface area contributed by atoms with Gasteiger partial charge in [0.05, 0.1) is 10.7 Å². The number of carbonyl (C=O) groups excluding carboxylic acids is 2. The van der Waals surface area contributed by atoms with Crippen LogP contribution in [-0.2, 0) is 25.2 Å². The number of hydrogen-bond donors (Lipinski definition) is 2. The van der Waals surface area contributed by atoms with Crippen LogP contribution in [0.1, 0.15) is 61.0 Å². The molecule has 1 rings (SSSR count). The molecule has 0 heterocycles. The summed E-state index contributed by atoms with van der Waals surface area (Å²) in [6.07, 6.45) is -0.387. The lowest BCUT2D eigenvalue weighted by Gasteiger charge is -2.45. The number of hydrogen-bond acceptors (Lipinski definition) is 5. The van der Waals surface area contributed by atoms with E-state index in [2.05, 4.69) is 46.9 Å². The summed E-state index contributed by atoms with van der Waals surface area (Å²) in [5.74, 6) is -0.670. The molecule has 0 aliphatic carbocycles. The van der Waals surface area contributed by atoms with Gasteiger partial charge in [-0.25, -0.2) is 4.79 Å². The minimum absolute atomic E-state index is 0.0500. The van der Waals surface area contributed by atoms with Crippen molar-refractivity contribution in [2.45, 2.75) is 90.6 Å². The van der Waals surface area contributed by atoms with Gasteiger partial charge in [0.25, 0.3) is 0 Å². The van der Waals surface area contributed by atoms with Gasteiger partial charge in [0.1, 0.15) is 17.9 Å². The van der Waals surface area contributed by atoms with E-state index in [1.807, 2.05) is 36.4 Å². The maximum Gasteiger partial charge on any atom is 0.328 e. The Balaban J connectivity index is 3.20. The molecule has 1 amide bonds. The molecule has 1 aromatic rings. The Labute approximate surface area is 208 Å². The first kappa shape index (κ1) is 28.9. The minimum atomic E-state index is -2.30. The van der Waals surface area contributed by atoms with E-state index in [1.54, 1.807) is 18.2 Å². The second-order valence-corrected chi connectivity index (χ2v) is 16.2. The molecule has 0 fully saturated rings. The predicted molar refractivity (Wildman–Crippen MR) is 139 cm³/mol. The zero-order valence-electron chi connectivity index (χ0n) is 20.9. The van der Waals surface area contributed by atoms with Gasteiger partial charge in [0.15, 0.2) is 0 Å². The first-order valence-corrected chi connectivity index (χ1v) is 14.5. The van der Waals surface area contributed by atoms with Gasteiger partial charge in [0, 0.05) is 6.42 Å². The Hall–Kier alpha value is -1.13. The van der Waals surface area contributed by atoms with Crippen LogP contribution in [-0.4, -0.2) is 44.6 Å². The molecule has 0 aliphatic heterocycles. The molecule has 0 radical (unpaired) electrons. The zero-order valence-corrected chi connectivity index (χ0v) is 24.0. The Bertz CT molecular complexity index is 760. The van der Waals surface area contributed by atoms with E-state index < -0.39 is 26.4 Å². The number of methoxy groups -OCH3 is 1. The molecular weight excluding hydrogens is 537 g/mol. The van der Waals surface area contributed by atoms with Crippen molar-refractivity contribution in [3.05, 3.63) is 27.3 Å². The number of aromatic hydroxyl groups is 1. The number of amides is 1. The third kappa shape index (κ3) is 6.93. The van der Waals surface area contributed by atoms with Gasteiger partial charge in [-0.15, -0.1) is 0 Å². The van der Waals surface area contributed by atoms with Crippen molar-refractivity contribution in [1.29, 1.82) is 0 Å². The fraction of sp³-hybridized carbons (Fsp3) is 0.667. The second kappa shape index (κ2) is 12.4. The molecule has 0 saturated heterocycles. The van der Waals surface area contributed by atoms with Crippen molar-refractivity contribution in [2.24, 2.45) is 5.92 Å². The van der Waals surface area contributed by atoms with Gasteiger partial charge in [-0.3, -0.25) is 4.79 Å². The standard InChI is InChI=1S/C24H40INO5Si/c1-14(2)22(31-32(15(3)4,16(5)6)17(7)8)23(28)26-20(24(29)30-9)13-18-10-11-21(27)19(25)12-18/h10-12,14-17,20,22,27H,13H2,1-9H3,(H,26,28)/t20?,22-/m0/s1. The summed E-state index contributed by atoms with van der Waals surface area (Å²) in [4.78, 5) is 25.9. The van der Waals surface area contributed by atoms with E-state index in [-0.39, 0.29) is 24.0 Å². The lowest BCUT2D eigenvalue weighted by molar-refractivity contribution is -0.146. The highest BCUT2D eigenvalue weighted by Gasteiger charge is 2.48. The van der Waals surface area contributed by atoms with Gasteiger partial charge in [0.2, 0.25) is 14.2 Å². The average Bonchev–Trinajstić information content (AvgIpc) is 2.69. The number of benzene rings is 1. The number of ether oxygens (including phenoxy) is 1. The maximum absolute atomic E-state index is 13.4. The third-order valence-electron chi connectivity index (χ3n) is 6.16. The molecular formula is C24H40INO5Si. The Morgan fingerprint density at radius 3 is 1.97 bits per heavy atom. The number of phenols is 1. The summed E-state index contributed by atoms with van der Waals surface area (Å²) >= 11 is 2.03. The van der Waals surface area contributed by atoms with Crippen molar-refractivity contribution < 1.29 is 23.9 Å². The Morgan fingerprint density at radius 2 is 1.56 bits per heavy atom. The van der Waals surface area contributed by atoms with E-state index in [9.17, 15) is 14.7 Å². The molecule has 1 aromatic carbocycles. The summed E-state index contributed by atoms with van der Waals surface area (Å²) in [6.45, 7) is 17.1. The minimum Gasteiger partial charge on any atom is -0.507 e. The summed E-state index contributed by atoms with van der Waals surface area (Å²) < 4.78 is 12.4. The Morgan fingerprint density at radius 1 is 1.03 bits per heavy atom. The largest absolute Gasteiger partial charge is 0.507 e. The van der Waals surface area contributed by atoms with Gasteiger partial charge in [-0.05, 0) is 62.8 Å². The fourth-order valence-corrected chi connectivity index (χ4v) is 10.8. The molecule has 0 bridgehead atoms. The summed E-state index contributed by atoms with van der Waals surface area (Å²) in [6, 6.07) is 4.28. The molecule has 32 heavy (non-hydrogen) atoms. The van der Waals surface area contributed by atoms with E-state index in [4.69, 9.17) is 9.16 Å².